The van der Waals surface area contributed by atoms with Gasteiger partial charge in [0.2, 0.25) is 0 Å². The average Bonchev–Trinajstić information content (AvgIpc) is 3.35. The summed E-state index contributed by atoms with van der Waals surface area (Å²) in [6.07, 6.45) is 9.04. The van der Waals surface area contributed by atoms with E-state index in [9.17, 15) is 0 Å². The lowest BCUT2D eigenvalue weighted by Crippen LogP contribution is -2.26. The zero-order valence-corrected chi connectivity index (χ0v) is 33.7. The number of pyridine rings is 2. The van der Waals surface area contributed by atoms with Crippen LogP contribution in [0.2, 0.25) is 0 Å². The molecule has 0 N–H and O–H groups in total. The summed E-state index contributed by atoms with van der Waals surface area (Å²) < 4.78 is 0. The summed E-state index contributed by atoms with van der Waals surface area (Å²) in [5.41, 5.74) is 14.3. The molecule has 10 rings (SSSR count). The normalized spacial score (nSPS) is 14.8. The summed E-state index contributed by atoms with van der Waals surface area (Å²) in [6.45, 7) is 2.26. The summed E-state index contributed by atoms with van der Waals surface area (Å²) in [5, 5.41) is 0. The third-order valence-corrected chi connectivity index (χ3v) is 11.3. The Morgan fingerprint density at radius 3 is 1.36 bits per heavy atom. The maximum atomic E-state index is 5.45. The van der Waals surface area contributed by atoms with E-state index in [0.717, 1.165) is 67.0 Å². The molecule has 6 aromatic carbocycles. The number of aromatic nitrogens is 5. The van der Waals surface area contributed by atoms with Crippen LogP contribution < -0.4 is 0 Å². The predicted octanol–water partition coefficient (Wildman–Crippen LogP) is 13.5. The van der Waals surface area contributed by atoms with Crippen LogP contribution in [0.4, 0.5) is 0 Å². The molecule has 1 unspecified atom stereocenters. The van der Waals surface area contributed by atoms with E-state index in [1.807, 2.05) is 67.0 Å². The van der Waals surface area contributed by atoms with Crippen LogP contribution in [-0.4, -0.2) is 24.9 Å². The number of benzene rings is 6. The molecule has 5 nitrogen and oxygen atoms in total. The number of allylic oxidation sites excluding steroid dienone is 4. The first kappa shape index (κ1) is 37.4. The highest BCUT2D eigenvalue weighted by molar-refractivity contribution is 5.88. The molecule has 1 aliphatic carbocycles. The van der Waals surface area contributed by atoms with Crippen molar-refractivity contribution < 1.29 is 0 Å². The van der Waals surface area contributed by atoms with Gasteiger partial charge in [0.1, 0.15) is 5.82 Å². The first-order valence-electron chi connectivity index (χ1n) is 20.6. The van der Waals surface area contributed by atoms with Crippen molar-refractivity contribution in [1.82, 2.24) is 24.9 Å². The highest BCUT2D eigenvalue weighted by Crippen LogP contribution is 2.43. The minimum Gasteiger partial charge on any atom is -0.256 e. The lowest BCUT2D eigenvalue weighted by atomic mass is 9.74. The van der Waals surface area contributed by atoms with Gasteiger partial charge in [-0.3, -0.25) is 9.97 Å². The van der Waals surface area contributed by atoms with Crippen molar-refractivity contribution >= 4 is 11.1 Å². The van der Waals surface area contributed by atoms with E-state index in [4.69, 9.17) is 15.0 Å². The molecule has 0 radical (unpaired) electrons. The van der Waals surface area contributed by atoms with Crippen LogP contribution in [0, 0.1) is 0 Å². The van der Waals surface area contributed by atoms with E-state index >= 15 is 0 Å². The number of hydrogen-bond donors (Lipinski definition) is 0. The van der Waals surface area contributed by atoms with Gasteiger partial charge in [-0.25, -0.2) is 15.0 Å². The summed E-state index contributed by atoms with van der Waals surface area (Å²) in [7, 11) is 0. The molecule has 3 aromatic heterocycles. The number of rotatable bonds is 9. The molecule has 0 bridgehead atoms. The Bertz CT molecular complexity index is 3000. The van der Waals surface area contributed by atoms with Gasteiger partial charge in [-0.15, -0.1) is 0 Å². The zero-order chi connectivity index (χ0) is 41.0. The number of nitrogens with zero attached hydrogens (tertiary/aromatic N) is 5. The molecular weight excluding hydrogens is 743 g/mol. The maximum absolute atomic E-state index is 5.45. The zero-order valence-electron chi connectivity index (χ0n) is 33.7. The lowest BCUT2D eigenvalue weighted by Gasteiger charge is -2.31. The summed E-state index contributed by atoms with van der Waals surface area (Å²) in [5.74, 6) is 1.98. The third-order valence-electron chi connectivity index (χ3n) is 11.3. The Kier molecular flexibility index (Phi) is 10.1. The Morgan fingerprint density at radius 2 is 0.820 bits per heavy atom. The summed E-state index contributed by atoms with van der Waals surface area (Å²) >= 11 is 0. The topological polar surface area (TPSA) is 64.5 Å². The second-order valence-corrected chi connectivity index (χ2v) is 15.7. The monoisotopic (exact) mass is 783 g/mol. The van der Waals surface area contributed by atoms with E-state index < -0.39 is 5.41 Å². The molecular formula is C56H41N5. The molecule has 9 aromatic rings. The van der Waals surface area contributed by atoms with Crippen LogP contribution >= 0.6 is 0 Å². The summed E-state index contributed by atoms with van der Waals surface area (Å²) in [6, 6.07) is 67.3. The molecule has 0 saturated heterocycles. The van der Waals surface area contributed by atoms with Gasteiger partial charge >= 0.3 is 0 Å². The van der Waals surface area contributed by atoms with Gasteiger partial charge in [0.05, 0.1) is 16.8 Å². The van der Waals surface area contributed by atoms with E-state index in [-0.39, 0.29) is 0 Å². The minimum absolute atomic E-state index is 0.586. The molecule has 61 heavy (non-hydrogen) atoms. The van der Waals surface area contributed by atoms with E-state index in [0.29, 0.717) is 23.9 Å². The minimum atomic E-state index is -0.586. The molecule has 0 saturated carbocycles. The molecule has 1 atom stereocenters. The van der Waals surface area contributed by atoms with Gasteiger partial charge in [-0.1, -0.05) is 164 Å². The molecule has 0 aliphatic heterocycles. The Hall–Kier alpha value is -7.89. The van der Waals surface area contributed by atoms with Crippen molar-refractivity contribution in [3.05, 3.63) is 236 Å². The largest absolute Gasteiger partial charge is 0.256 e. The Balaban J connectivity index is 1.13. The van der Waals surface area contributed by atoms with E-state index in [1.54, 1.807) is 0 Å². The van der Waals surface area contributed by atoms with E-state index in [2.05, 4.69) is 169 Å². The molecule has 0 spiro atoms. The highest BCUT2D eigenvalue weighted by Gasteiger charge is 2.34. The van der Waals surface area contributed by atoms with Gasteiger partial charge in [0, 0.05) is 34.6 Å². The molecule has 0 fully saturated rings. The second kappa shape index (κ2) is 16.4. The molecule has 0 amide bonds. The quantitative estimate of drug-likeness (QED) is 0.146. The predicted molar refractivity (Wildman–Crippen MR) is 249 cm³/mol. The van der Waals surface area contributed by atoms with Crippen molar-refractivity contribution in [2.45, 2.75) is 18.8 Å². The van der Waals surface area contributed by atoms with Gasteiger partial charge in [0.25, 0.3) is 0 Å². The van der Waals surface area contributed by atoms with Crippen LogP contribution in [0.1, 0.15) is 30.3 Å². The molecule has 290 valence electrons. The fraction of sp³-hybridized carbons (Fsp3) is 0.0536. The standard InChI is InChI=1S/C56H41N5/c1-56(37-49(40-17-7-3-8-18-40)36-50(38-56)42-25-29-44(30-26-42)52-22-12-14-32-58-52)55-60-53(45-19-9-4-10-20-45)59-54(61-55)48-34-46(39-15-5-2-6-16-39)33-47(35-48)41-23-27-43(28-24-41)51-21-11-13-31-57-51/h2-36,38H,37H2,1H3. The van der Waals surface area contributed by atoms with Crippen molar-refractivity contribution in [2.24, 2.45) is 0 Å². The van der Waals surface area contributed by atoms with Crippen molar-refractivity contribution in [1.29, 1.82) is 0 Å². The Morgan fingerprint density at radius 1 is 0.377 bits per heavy atom. The molecule has 5 heteroatoms. The SMILES string of the molecule is CC1(c2nc(-c3ccccc3)nc(-c3cc(-c4ccccc4)cc(-c4ccc(-c5ccccn5)cc4)c3)n2)C=C(c2ccc(-c3ccccn3)cc2)C=C(c2ccccc2)C1. The fourth-order valence-corrected chi connectivity index (χ4v) is 8.15. The average molecular weight is 784 g/mol. The van der Waals surface area contributed by atoms with Crippen LogP contribution in [0.15, 0.2) is 219 Å². The third kappa shape index (κ3) is 7.97. The Labute approximate surface area is 356 Å². The fourth-order valence-electron chi connectivity index (χ4n) is 8.15. The molecule has 3 heterocycles. The number of hydrogen-bond acceptors (Lipinski definition) is 5. The smallest absolute Gasteiger partial charge is 0.163 e. The van der Waals surface area contributed by atoms with Crippen LogP contribution in [0.25, 0.3) is 78.7 Å². The first-order valence-corrected chi connectivity index (χ1v) is 20.6. The van der Waals surface area contributed by atoms with Crippen LogP contribution in [0.5, 0.6) is 0 Å². The van der Waals surface area contributed by atoms with Gasteiger partial charge < -0.3 is 0 Å². The van der Waals surface area contributed by atoms with Crippen molar-refractivity contribution in [3.63, 3.8) is 0 Å². The van der Waals surface area contributed by atoms with E-state index in [1.165, 1.54) is 11.1 Å². The maximum Gasteiger partial charge on any atom is 0.163 e. The lowest BCUT2D eigenvalue weighted by molar-refractivity contribution is 0.564. The first-order chi connectivity index (χ1) is 30.0. The van der Waals surface area contributed by atoms with Crippen molar-refractivity contribution in [3.8, 4) is 67.5 Å². The van der Waals surface area contributed by atoms with Crippen molar-refractivity contribution in [2.75, 3.05) is 0 Å². The second-order valence-electron chi connectivity index (χ2n) is 15.7. The van der Waals surface area contributed by atoms with Gasteiger partial charge in [-0.2, -0.15) is 0 Å². The van der Waals surface area contributed by atoms with Gasteiger partial charge in [0.15, 0.2) is 11.6 Å². The van der Waals surface area contributed by atoms with Gasteiger partial charge in [-0.05, 0) is 100 Å². The van der Waals surface area contributed by atoms with Crippen LogP contribution in [-0.2, 0) is 5.41 Å². The van der Waals surface area contributed by atoms with Crippen LogP contribution in [0.3, 0.4) is 0 Å². The molecule has 1 aliphatic rings. The summed E-state index contributed by atoms with van der Waals surface area (Å²) in [4.78, 5) is 25.2. The highest BCUT2D eigenvalue weighted by atomic mass is 15.0.